The summed E-state index contributed by atoms with van der Waals surface area (Å²) in [6.07, 6.45) is 0. The Hall–Kier alpha value is -2.38. The quantitative estimate of drug-likeness (QED) is 0.667. The monoisotopic (exact) mass is 185 g/mol. The van der Waals surface area contributed by atoms with Crippen molar-refractivity contribution in [3.63, 3.8) is 0 Å². The summed E-state index contributed by atoms with van der Waals surface area (Å²) < 4.78 is 12.8. The van der Waals surface area contributed by atoms with Crippen LogP contribution >= 0.6 is 0 Å². The van der Waals surface area contributed by atoms with Crippen molar-refractivity contribution >= 4 is 0 Å². The predicted octanol–water partition coefficient (Wildman–Crippen LogP) is 1.63. The maximum absolute atomic E-state index is 12.8. The Kier molecular flexibility index (Phi) is 2.47. The Balaban J connectivity index is 3.38. The molecule has 0 aromatic heterocycles. The Morgan fingerprint density at radius 2 is 1.64 bits per heavy atom. The van der Waals surface area contributed by atoms with Crippen LogP contribution < -0.4 is 0 Å². The van der Waals surface area contributed by atoms with Crippen LogP contribution in [0.25, 0.3) is 0 Å². The lowest BCUT2D eigenvalue weighted by atomic mass is 9.85. The van der Waals surface area contributed by atoms with Gasteiger partial charge in [-0.1, -0.05) is 12.1 Å². The zero-order valence-corrected chi connectivity index (χ0v) is 7.03. The van der Waals surface area contributed by atoms with Crippen molar-refractivity contribution in [1.29, 1.82) is 15.8 Å². The molecule has 0 fully saturated rings. The van der Waals surface area contributed by atoms with E-state index in [1.807, 2.05) is 0 Å². The lowest BCUT2D eigenvalue weighted by Crippen LogP contribution is -2.19. The molecule has 0 radical (unpaired) electrons. The van der Waals surface area contributed by atoms with Gasteiger partial charge in [-0.15, -0.1) is 0 Å². The van der Waals surface area contributed by atoms with E-state index in [0.29, 0.717) is 0 Å². The Bertz CT molecular complexity index is 437. The van der Waals surface area contributed by atoms with Crippen LogP contribution in [0.1, 0.15) is 5.56 Å². The number of halogens is 1. The van der Waals surface area contributed by atoms with E-state index in [-0.39, 0.29) is 5.56 Å². The summed E-state index contributed by atoms with van der Waals surface area (Å²) in [6.45, 7) is 0. The molecule has 0 unspecified atom stereocenters. The van der Waals surface area contributed by atoms with Crippen molar-refractivity contribution in [3.05, 3.63) is 35.6 Å². The number of hydrogen-bond donors (Lipinski definition) is 0. The van der Waals surface area contributed by atoms with Crippen LogP contribution in [0.15, 0.2) is 24.3 Å². The predicted molar refractivity (Wildman–Crippen MR) is 44.9 cm³/mol. The smallest absolute Gasteiger partial charge is 0.207 e. The van der Waals surface area contributed by atoms with Gasteiger partial charge in [0.1, 0.15) is 24.0 Å². The molecule has 0 amide bonds. The normalized spacial score (nSPS) is 9.57. The topological polar surface area (TPSA) is 71.4 Å². The minimum atomic E-state index is -1.91. The fourth-order valence-electron chi connectivity index (χ4n) is 0.990. The maximum atomic E-state index is 12.8. The van der Waals surface area contributed by atoms with Crippen molar-refractivity contribution in [3.8, 4) is 18.2 Å². The fraction of sp³-hybridized carbons (Fsp3) is 0.100. The zero-order valence-electron chi connectivity index (χ0n) is 7.03. The van der Waals surface area contributed by atoms with Crippen LogP contribution in [0.3, 0.4) is 0 Å². The van der Waals surface area contributed by atoms with Gasteiger partial charge in [-0.2, -0.15) is 15.8 Å². The minimum absolute atomic E-state index is 0.0602. The molecule has 3 nitrogen and oxygen atoms in total. The highest BCUT2D eigenvalue weighted by molar-refractivity contribution is 5.47. The van der Waals surface area contributed by atoms with Crippen molar-refractivity contribution in [2.45, 2.75) is 5.41 Å². The van der Waals surface area contributed by atoms with Crippen molar-refractivity contribution in [2.24, 2.45) is 0 Å². The number of benzene rings is 1. The minimum Gasteiger partial charge on any atom is -0.207 e. The van der Waals surface area contributed by atoms with E-state index in [1.165, 1.54) is 18.2 Å². The first kappa shape index (κ1) is 9.71. The Morgan fingerprint density at radius 1 is 1.07 bits per heavy atom. The molecule has 0 saturated carbocycles. The summed E-state index contributed by atoms with van der Waals surface area (Å²) in [5.41, 5.74) is -1.85. The average molecular weight is 185 g/mol. The molecule has 1 aromatic rings. The molecular weight excluding hydrogens is 181 g/mol. The number of hydrogen-bond acceptors (Lipinski definition) is 3. The van der Waals surface area contributed by atoms with Gasteiger partial charge in [0.05, 0.1) is 0 Å². The summed E-state index contributed by atoms with van der Waals surface area (Å²) in [5, 5.41) is 26.1. The third-order valence-corrected chi connectivity index (χ3v) is 1.76. The first-order valence-corrected chi connectivity index (χ1v) is 3.68. The molecule has 0 atom stereocenters. The Morgan fingerprint density at radius 3 is 2.07 bits per heavy atom. The van der Waals surface area contributed by atoms with Crippen molar-refractivity contribution in [2.75, 3.05) is 0 Å². The van der Waals surface area contributed by atoms with Gasteiger partial charge in [-0.25, -0.2) is 4.39 Å². The third-order valence-electron chi connectivity index (χ3n) is 1.76. The standard InChI is InChI=1S/C10H4FN3/c11-9-3-1-2-8(4-9)10(5-12,6-13)7-14/h1-4H. The summed E-state index contributed by atoms with van der Waals surface area (Å²) in [6, 6.07) is 9.63. The number of nitrogens with zero attached hydrogens (tertiary/aromatic N) is 3. The lowest BCUT2D eigenvalue weighted by Gasteiger charge is -2.08. The summed E-state index contributed by atoms with van der Waals surface area (Å²) in [5.74, 6) is -0.576. The fourth-order valence-corrected chi connectivity index (χ4v) is 0.990. The molecule has 14 heavy (non-hydrogen) atoms. The molecule has 0 N–H and O–H groups in total. The molecule has 66 valence electrons. The largest absolute Gasteiger partial charge is 0.253 e. The van der Waals surface area contributed by atoms with E-state index < -0.39 is 11.2 Å². The number of rotatable bonds is 1. The van der Waals surface area contributed by atoms with E-state index >= 15 is 0 Å². The van der Waals surface area contributed by atoms with Gasteiger partial charge >= 0.3 is 0 Å². The van der Waals surface area contributed by atoms with Gasteiger partial charge in [0.15, 0.2) is 0 Å². The zero-order chi connectivity index (χ0) is 10.6. The van der Waals surface area contributed by atoms with Crippen molar-refractivity contribution in [1.82, 2.24) is 0 Å². The van der Waals surface area contributed by atoms with E-state index in [2.05, 4.69) is 0 Å². The number of nitriles is 3. The van der Waals surface area contributed by atoms with E-state index in [9.17, 15) is 4.39 Å². The molecule has 0 spiro atoms. The molecule has 0 bridgehead atoms. The summed E-state index contributed by atoms with van der Waals surface area (Å²) in [7, 11) is 0. The average Bonchev–Trinajstić information content (AvgIpc) is 2.22. The SMILES string of the molecule is N#CC(C#N)(C#N)c1cccc(F)c1. The molecule has 0 heterocycles. The van der Waals surface area contributed by atoms with Gasteiger partial charge in [-0.3, -0.25) is 0 Å². The van der Waals surface area contributed by atoms with Crippen LogP contribution in [-0.2, 0) is 5.41 Å². The molecule has 1 rings (SSSR count). The molecule has 0 saturated heterocycles. The van der Waals surface area contributed by atoms with Gasteiger partial charge in [0.25, 0.3) is 5.41 Å². The molecule has 0 aliphatic heterocycles. The van der Waals surface area contributed by atoms with Crippen LogP contribution in [0, 0.1) is 39.8 Å². The summed E-state index contributed by atoms with van der Waals surface area (Å²) in [4.78, 5) is 0. The summed E-state index contributed by atoms with van der Waals surface area (Å²) >= 11 is 0. The van der Waals surface area contributed by atoms with Gasteiger partial charge in [0.2, 0.25) is 0 Å². The van der Waals surface area contributed by atoms with Crippen LogP contribution in [0.4, 0.5) is 4.39 Å². The lowest BCUT2D eigenvalue weighted by molar-refractivity contribution is 0.624. The van der Waals surface area contributed by atoms with E-state index in [0.717, 1.165) is 6.07 Å². The Labute approximate surface area is 80.2 Å². The molecule has 1 aromatic carbocycles. The highest BCUT2D eigenvalue weighted by Gasteiger charge is 2.32. The van der Waals surface area contributed by atoms with Gasteiger partial charge in [0, 0.05) is 5.56 Å². The second-order valence-electron chi connectivity index (χ2n) is 2.60. The van der Waals surface area contributed by atoms with E-state index in [4.69, 9.17) is 15.8 Å². The molecule has 0 aliphatic carbocycles. The highest BCUT2D eigenvalue weighted by atomic mass is 19.1. The van der Waals surface area contributed by atoms with Crippen LogP contribution in [-0.4, -0.2) is 0 Å². The van der Waals surface area contributed by atoms with Crippen LogP contribution in [0.5, 0.6) is 0 Å². The molecule has 0 aliphatic rings. The second-order valence-corrected chi connectivity index (χ2v) is 2.60. The first-order valence-electron chi connectivity index (χ1n) is 3.68. The van der Waals surface area contributed by atoms with Gasteiger partial charge < -0.3 is 0 Å². The first-order chi connectivity index (χ1) is 6.68. The maximum Gasteiger partial charge on any atom is 0.253 e. The third kappa shape index (κ3) is 1.40. The van der Waals surface area contributed by atoms with Gasteiger partial charge in [-0.05, 0) is 12.1 Å². The van der Waals surface area contributed by atoms with Crippen molar-refractivity contribution < 1.29 is 4.39 Å². The molecular formula is C10H4FN3. The highest BCUT2D eigenvalue weighted by Crippen LogP contribution is 2.22. The second kappa shape index (κ2) is 3.56. The van der Waals surface area contributed by atoms with Crippen LogP contribution in [0.2, 0.25) is 0 Å². The molecule has 4 heteroatoms. The van der Waals surface area contributed by atoms with E-state index in [1.54, 1.807) is 18.2 Å².